The van der Waals surface area contributed by atoms with Crippen molar-refractivity contribution in [2.45, 2.75) is 31.7 Å². The molecule has 0 spiro atoms. The van der Waals surface area contributed by atoms with Gasteiger partial charge in [0.05, 0.1) is 17.9 Å². The number of aromatic nitrogens is 5. The summed E-state index contributed by atoms with van der Waals surface area (Å²) in [5.41, 5.74) is 2.80. The number of hydrogen-bond acceptors (Lipinski definition) is 5. The molecular formula is C17H18N6S. The van der Waals surface area contributed by atoms with Crippen molar-refractivity contribution in [2.75, 3.05) is 5.75 Å². The molecule has 1 fully saturated rings. The van der Waals surface area contributed by atoms with Crippen molar-refractivity contribution in [1.29, 1.82) is 5.26 Å². The molecule has 1 aliphatic carbocycles. The van der Waals surface area contributed by atoms with Gasteiger partial charge in [0.2, 0.25) is 0 Å². The summed E-state index contributed by atoms with van der Waals surface area (Å²) in [6, 6.07) is 2.45. The topological polar surface area (TPSA) is 83.2 Å². The highest BCUT2D eigenvalue weighted by molar-refractivity contribution is 8.03. The van der Waals surface area contributed by atoms with E-state index in [0.29, 0.717) is 12.0 Å². The van der Waals surface area contributed by atoms with Gasteiger partial charge in [0.25, 0.3) is 0 Å². The molecule has 0 aliphatic heterocycles. The molecular weight excluding hydrogens is 320 g/mol. The number of fused-ring (bicyclic) bond motifs is 1. The second kappa shape index (κ2) is 6.65. The predicted octanol–water partition coefficient (Wildman–Crippen LogP) is 3.77. The summed E-state index contributed by atoms with van der Waals surface area (Å²) in [7, 11) is 0. The maximum atomic E-state index is 8.68. The maximum absolute atomic E-state index is 8.68. The highest BCUT2D eigenvalue weighted by atomic mass is 32.2. The van der Waals surface area contributed by atoms with Crippen LogP contribution in [0.5, 0.6) is 0 Å². The van der Waals surface area contributed by atoms with Crippen LogP contribution in [0, 0.1) is 16.6 Å². The molecule has 1 aliphatic rings. The van der Waals surface area contributed by atoms with Gasteiger partial charge in [-0.15, -0.1) is 0 Å². The number of nitrogens with one attached hydrogen (secondary N) is 1. The highest BCUT2D eigenvalue weighted by Gasteiger charge is 2.23. The SMILES string of the molecule is N#CSC[C@H]1CC[C@@H](n2cc(-c3ncnc4[nH]ccc34)cn2)CC1. The lowest BCUT2D eigenvalue weighted by Gasteiger charge is -2.27. The maximum Gasteiger partial charge on any atom is 0.141 e. The van der Waals surface area contributed by atoms with Crippen LogP contribution in [-0.2, 0) is 0 Å². The Morgan fingerprint density at radius 1 is 1.29 bits per heavy atom. The lowest BCUT2D eigenvalue weighted by Crippen LogP contribution is -2.19. The molecule has 0 radical (unpaired) electrons. The monoisotopic (exact) mass is 338 g/mol. The van der Waals surface area contributed by atoms with E-state index in [9.17, 15) is 0 Å². The molecule has 3 heterocycles. The van der Waals surface area contributed by atoms with E-state index in [1.54, 1.807) is 6.33 Å². The molecule has 0 aromatic carbocycles. The van der Waals surface area contributed by atoms with Crippen LogP contribution in [0.3, 0.4) is 0 Å². The lowest BCUT2D eigenvalue weighted by atomic mass is 9.87. The summed E-state index contributed by atoms with van der Waals surface area (Å²) in [5, 5.41) is 16.5. The zero-order valence-electron chi connectivity index (χ0n) is 13.2. The van der Waals surface area contributed by atoms with E-state index >= 15 is 0 Å². The molecule has 3 aromatic rings. The van der Waals surface area contributed by atoms with Gasteiger partial charge in [-0.3, -0.25) is 4.68 Å². The van der Waals surface area contributed by atoms with Crippen LogP contribution in [0.4, 0.5) is 0 Å². The Morgan fingerprint density at radius 3 is 3.00 bits per heavy atom. The third kappa shape index (κ3) is 2.89. The summed E-state index contributed by atoms with van der Waals surface area (Å²) >= 11 is 1.38. The largest absolute Gasteiger partial charge is 0.346 e. The quantitative estimate of drug-likeness (QED) is 0.732. The van der Waals surface area contributed by atoms with E-state index in [-0.39, 0.29) is 0 Å². The van der Waals surface area contributed by atoms with Crippen LogP contribution < -0.4 is 0 Å². The van der Waals surface area contributed by atoms with E-state index in [0.717, 1.165) is 40.9 Å². The van der Waals surface area contributed by atoms with Crippen molar-refractivity contribution >= 4 is 22.8 Å². The molecule has 0 amide bonds. The van der Waals surface area contributed by atoms with E-state index in [1.165, 1.54) is 24.6 Å². The lowest BCUT2D eigenvalue weighted by molar-refractivity contribution is 0.277. The molecule has 1 N–H and O–H groups in total. The average Bonchev–Trinajstić information content (AvgIpc) is 3.29. The van der Waals surface area contributed by atoms with E-state index in [4.69, 9.17) is 5.26 Å². The van der Waals surface area contributed by atoms with E-state index < -0.39 is 0 Å². The van der Waals surface area contributed by atoms with Crippen molar-refractivity contribution in [3.8, 4) is 16.7 Å². The van der Waals surface area contributed by atoms with Crippen LogP contribution in [0.25, 0.3) is 22.3 Å². The minimum absolute atomic E-state index is 0.450. The minimum atomic E-state index is 0.450. The molecule has 0 unspecified atom stereocenters. The van der Waals surface area contributed by atoms with Gasteiger partial charge in [0, 0.05) is 29.1 Å². The summed E-state index contributed by atoms with van der Waals surface area (Å²) in [6.07, 6.45) is 12.1. The Balaban J connectivity index is 1.50. The molecule has 0 atom stereocenters. The zero-order chi connectivity index (χ0) is 16.4. The number of nitrogens with zero attached hydrogens (tertiary/aromatic N) is 5. The molecule has 7 heteroatoms. The summed E-state index contributed by atoms with van der Waals surface area (Å²) in [4.78, 5) is 11.8. The number of thiocyanates is 1. The number of rotatable bonds is 4. The van der Waals surface area contributed by atoms with Crippen molar-refractivity contribution in [3.63, 3.8) is 0 Å². The fourth-order valence-electron chi connectivity index (χ4n) is 3.49. The first-order valence-electron chi connectivity index (χ1n) is 8.18. The Morgan fingerprint density at radius 2 is 2.17 bits per heavy atom. The fourth-order valence-corrected chi connectivity index (χ4v) is 4.14. The molecule has 0 saturated heterocycles. The molecule has 4 rings (SSSR count). The zero-order valence-corrected chi connectivity index (χ0v) is 14.0. The third-order valence-electron chi connectivity index (χ3n) is 4.80. The van der Waals surface area contributed by atoms with Gasteiger partial charge < -0.3 is 4.98 Å². The molecule has 122 valence electrons. The Labute approximate surface area is 144 Å². The van der Waals surface area contributed by atoms with Gasteiger partial charge in [-0.1, -0.05) is 0 Å². The highest BCUT2D eigenvalue weighted by Crippen LogP contribution is 2.34. The van der Waals surface area contributed by atoms with Crippen LogP contribution in [0.1, 0.15) is 31.7 Å². The number of H-pyrrole nitrogens is 1. The number of thioether (sulfide) groups is 1. The first-order valence-corrected chi connectivity index (χ1v) is 9.17. The Bertz CT molecular complexity index is 868. The Kier molecular flexibility index (Phi) is 4.22. The van der Waals surface area contributed by atoms with Gasteiger partial charge in [-0.25, -0.2) is 9.97 Å². The number of hydrogen-bond donors (Lipinski definition) is 1. The van der Waals surface area contributed by atoms with Gasteiger partial charge in [-0.05, 0) is 49.4 Å². The smallest absolute Gasteiger partial charge is 0.141 e. The molecule has 6 nitrogen and oxygen atoms in total. The standard InChI is InChI=1S/C17H18N6S/c18-10-24-9-12-1-3-14(4-2-12)23-8-13(7-22-23)16-15-5-6-19-17(15)21-11-20-16/h5-8,11-12,14H,1-4,9H2,(H,19,20,21)/t12-,14+. The number of nitriles is 1. The summed E-state index contributed by atoms with van der Waals surface area (Å²) in [6.45, 7) is 0. The molecule has 24 heavy (non-hydrogen) atoms. The van der Waals surface area contributed by atoms with Crippen molar-refractivity contribution in [2.24, 2.45) is 5.92 Å². The minimum Gasteiger partial charge on any atom is -0.346 e. The first-order chi connectivity index (χ1) is 11.8. The van der Waals surface area contributed by atoms with Crippen molar-refractivity contribution in [3.05, 3.63) is 31.0 Å². The van der Waals surface area contributed by atoms with Crippen molar-refractivity contribution < 1.29 is 0 Å². The van der Waals surface area contributed by atoms with Gasteiger partial charge in [0.1, 0.15) is 17.4 Å². The van der Waals surface area contributed by atoms with Gasteiger partial charge in [0.15, 0.2) is 0 Å². The van der Waals surface area contributed by atoms with Gasteiger partial charge >= 0.3 is 0 Å². The normalized spacial score (nSPS) is 21.0. The van der Waals surface area contributed by atoms with Crippen LogP contribution >= 0.6 is 11.8 Å². The second-order valence-electron chi connectivity index (χ2n) is 6.25. The summed E-state index contributed by atoms with van der Waals surface area (Å²) in [5.74, 6) is 1.63. The molecule has 3 aromatic heterocycles. The number of aromatic amines is 1. The van der Waals surface area contributed by atoms with Crippen LogP contribution in [-0.4, -0.2) is 30.5 Å². The second-order valence-corrected chi connectivity index (χ2v) is 7.05. The Hall–Kier alpha value is -2.33. The van der Waals surface area contributed by atoms with E-state index in [1.807, 2.05) is 18.5 Å². The predicted molar refractivity (Wildman–Crippen MR) is 94.2 cm³/mol. The first kappa shape index (κ1) is 15.2. The average molecular weight is 338 g/mol. The van der Waals surface area contributed by atoms with Gasteiger partial charge in [-0.2, -0.15) is 10.4 Å². The third-order valence-corrected chi connectivity index (χ3v) is 5.57. The fraction of sp³-hybridized carbons (Fsp3) is 0.412. The van der Waals surface area contributed by atoms with Crippen LogP contribution in [0.2, 0.25) is 0 Å². The molecule has 1 saturated carbocycles. The molecule has 0 bridgehead atoms. The van der Waals surface area contributed by atoms with E-state index in [2.05, 4.69) is 36.3 Å². The van der Waals surface area contributed by atoms with Crippen LogP contribution in [0.15, 0.2) is 31.0 Å². The van der Waals surface area contributed by atoms with Crippen molar-refractivity contribution in [1.82, 2.24) is 24.7 Å². The summed E-state index contributed by atoms with van der Waals surface area (Å²) < 4.78 is 2.09.